The fourth-order valence-corrected chi connectivity index (χ4v) is 1.46. The fraction of sp³-hybridized carbons (Fsp3) is 0.667. The van der Waals surface area contributed by atoms with Crippen LogP contribution in [-0.2, 0) is 16.9 Å². The second-order valence-corrected chi connectivity index (χ2v) is 4.10. The van der Waals surface area contributed by atoms with Crippen molar-refractivity contribution in [1.29, 1.82) is 0 Å². The molecule has 4 nitrogen and oxygen atoms in total. The molecule has 0 aliphatic heterocycles. The van der Waals surface area contributed by atoms with Gasteiger partial charge in [-0.05, 0) is 33.4 Å². The highest BCUT2D eigenvalue weighted by Gasteiger charge is 2.23. The SMILES string of the molecule is CCNCc1ccnc(C(C)(C)OCC)n1. The molecule has 1 N–H and O–H groups in total. The number of hydrogen-bond acceptors (Lipinski definition) is 4. The van der Waals surface area contributed by atoms with Crippen molar-refractivity contribution in [3.63, 3.8) is 0 Å². The molecule has 1 heterocycles. The van der Waals surface area contributed by atoms with Crippen molar-refractivity contribution in [3.05, 3.63) is 23.8 Å². The van der Waals surface area contributed by atoms with E-state index in [0.717, 1.165) is 24.6 Å². The summed E-state index contributed by atoms with van der Waals surface area (Å²) in [5, 5.41) is 3.24. The monoisotopic (exact) mass is 223 g/mol. The average molecular weight is 223 g/mol. The lowest BCUT2D eigenvalue weighted by Crippen LogP contribution is -2.25. The maximum absolute atomic E-state index is 5.63. The van der Waals surface area contributed by atoms with Crippen molar-refractivity contribution in [2.75, 3.05) is 13.2 Å². The predicted molar refractivity (Wildman–Crippen MR) is 64.1 cm³/mol. The van der Waals surface area contributed by atoms with Crippen LogP contribution >= 0.6 is 0 Å². The van der Waals surface area contributed by atoms with Gasteiger partial charge >= 0.3 is 0 Å². The molecule has 1 aromatic heterocycles. The molecule has 0 saturated heterocycles. The van der Waals surface area contributed by atoms with E-state index in [0.29, 0.717) is 6.61 Å². The van der Waals surface area contributed by atoms with Crippen molar-refractivity contribution < 1.29 is 4.74 Å². The molecule has 0 radical (unpaired) electrons. The van der Waals surface area contributed by atoms with Crippen LogP contribution in [0.1, 0.15) is 39.2 Å². The van der Waals surface area contributed by atoms with Crippen molar-refractivity contribution in [2.45, 2.75) is 39.8 Å². The second kappa shape index (κ2) is 5.92. The summed E-state index contributed by atoms with van der Waals surface area (Å²) in [7, 11) is 0. The van der Waals surface area contributed by atoms with E-state index in [4.69, 9.17) is 4.74 Å². The number of rotatable bonds is 6. The van der Waals surface area contributed by atoms with Gasteiger partial charge in [0.1, 0.15) is 5.60 Å². The fourth-order valence-electron chi connectivity index (χ4n) is 1.46. The first-order valence-electron chi connectivity index (χ1n) is 5.77. The molecule has 0 saturated carbocycles. The topological polar surface area (TPSA) is 47.0 Å². The molecule has 90 valence electrons. The van der Waals surface area contributed by atoms with Crippen LogP contribution in [0.15, 0.2) is 12.3 Å². The Bertz CT molecular complexity index is 326. The normalized spacial score (nSPS) is 11.8. The van der Waals surface area contributed by atoms with Gasteiger partial charge in [-0.3, -0.25) is 0 Å². The average Bonchev–Trinajstić information content (AvgIpc) is 2.27. The summed E-state index contributed by atoms with van der Waals surface area (Å²) < 4.78 is 5.63. The third-order valence-electron chi connectivity index (χ3n) is 2.31. The highest BCUT2D eigenvalue weighted by atomic mass is 16.5. The molecular weight excluding hydrogens is 202 g/mol. The van der Waals surface area contributed by atoms with E-state index in [9.17, 15) is 0 Å². The van der Waals surface area contributed by atoms with Crippen molar-refractivity contribution >= 4 is 0 Å². The largest absolute Gasteiger partial charge is 0.368 e. The molecule has 0 bridgehead atoms. The molecule has 0 aromatic carbocycles. The molecule has 0 amide bonds. The zero-order chi connectivity index (χ0) is 12.0. The van der Waals surface area contributed by atoms with Crippen LogP contribution in [0.4, 0.5) is 0 Å². The van der Waals surface area contributed by atoms with Gasteiger partial charge in [0.15, 0.2) is 5.82 Å². The lowest BCUT2D eigenvalue weighted by molar-refractivity contribution is -0.0209. The summed E-state index contributed by atoms with van der Waals surface area (Å²) in [6, 6.07) is 1.92. The van der Waals surface area contributed by atoms with Gasteiger partial charge < -0.3 is 10.1 Å². The Morgan fingerprint density at radius 1 is 1.38 bits per heavy atom. The standard InChI is InChI=1S/C12H21N3O/c1-5-13-9-10-7-8-14-11(15-10)12(3,4)16-6-2/h7-8,13H,5-6,9H2,1-4H3. The van der Waals surface area contributed by atoms with Gasteiger partial charge in [0.2, 0.25) is 0 Å². The molecule has 0 spiro atoms. The minimum Gasteiger partial charge on any atom is -0.368 e. The van der Waals surface area contributed by atoms with Crippen LogP contribution in [0.2, 0.25) is 0 Å². The zero-order valence-electron chi connectivity index (χ0n) is 10.6. The van der Waals surface area contributed by atoms with E-state index < -0.39 is 5.60 Å². The minimum atomic E-state index is -0.420. The Hall–Kier alpha value is -1.00. The second-order valence-electron chi connectivity index (χ2n) is 4.10. The van der Waals surface area contributed by atoms with Gasteiger partial charge in [-0.25, -0.2) is 9.97 Å². The lowest BCUT2D eigenvalue weighted by Gasteiger charge is -2.23. The van der Waals surface area contributed by atoms with Crippen LogP contribution in [0.5, 0.6) is 0 Å². The molecule has 0 atom stereocenters. The van der Waals surface area contributed by atoms with E-state index in [1.54, 1.807) is 6.20 Å². The highest BCUT2D eigenvalue weighted by molar-refractivity contribution is 5.06. The van der Waals surface area contributed by atoms with Crippen LogP contribution < -0.4 is 5.32 Å². The summed E-state index contributed by atoms with van der Waals surface area (Å²) in [4.78, 5) is 8.78. The van der Waals surface area contributed by atoms with E-state index >= 15 is 0 Å². The molecule has 1 rings (SSSR count). The molecule has 0 unspecified atom stereocenters. The molecule has 4 heteroatoms. The van der Waals surface area contributed by atoms with Crippen LogP contribution in [-0.4, -0.2) is 23.1 Å². The Morgan fingerprint density at radius 3 is 2.75 bits per heavy atom. The highest BCUT2D eigenvalue weighted by Crippen LogP contribution is 2.20. The van der Waals surface area contributed by atoms with E-state index in [-0.39, 0.29) is 0 Å². The van der Waals surface area contributed by atoms with Gasteiger partial charge in [0, 0.05) is 19.3 Å². The summed E-state index contributed by atoms with van der Waals surface area (Å²) >= 11 is 0. The van der Waals surface area contributed by atoms with Gasteiger partial charge in [-0.15, -0.1) is 0 Å². The Kier molecular flexibility index (Phi) is 4.83. The van der Waals surface area contributed by atoms with Gasteiger partial charge in [0.25, 0.3) is 0 Å². The lowest BCUT2D eigenvalue weighted by atomic mass is 10.1. The summed E-state index contributed by atoms with van der Waals surface area (Å²) in [6.45, 7) is 10.4. The third kappa shape index (κ3) is 3.54. The maximum atomic E-state index is 5.63. The number of nitrogens with zero attached hydrogens (tertiary/aromatic N) is 2. The first kappa shape index (κ1) is 13.1. The maximum Gasteiger partial charge on any atom is 0.159 e. The molecule has 1 aromatic rings. The number of aromatic nitrogens is 2. The number of nitrogens with one attached hydrogen (secondary N) is 1. The molecule has 0 fully saturated rings. The van der Waals surface area contributed by atoms with Crippen molar-refractivity contribution in [1.82, 2.24) is 15.3 Å². The molecular formula is C12H21N3O. The van der Waals surface area contributed by atoms with Gasteiger partial charge in [0.05, 0.1) is 5.69 Å². The molecule has 0 aliphatic rings. The number of ether oxygens (including phenoxy) is 1. The summed E-state index contributed by atoms with van der Waals surface area (Å²) in [5.74, 6) is 0.741. The minimum absolute atomic E-state index is 0.420. The quantitative estimate of drug-likeness (QED) is 0.799. The smallest absolute Gasteiger partial charge is 0.159 e. The van der Waals surface area contributed by atoms with E-state index in [1.807, 2.05) is 26.8 Å². The first-order chi connectivity index (χ1) is 7.60. The Morgan fingerprint density at radius 2 is 2.12 bits per heavy atom. The zero-order valence-corrected chi connectivity index (χ0v) is 10.6. The van der Waals surface area contributed by atoms with Crippen LogP contribution in [0.25, 0.3) is 0 Å². The van der Waals surface area contributed by atoms with Gasteiger partial charge in [-0.1, -0.05) is 6.92 Å². The summed E-state index contributed by atoms with van der Waals surface area (Å²) in [6.07, 6.45) is 1.79. The van der Waals surface area contributed by atoms with Gasteiger partial charge in [-0.2, -0.15) is 0 Å². The third-order valence-corrected chi connectivity index (χ3v) is 2.31. The van der Waals surface area contributed by atoms with Crippen LogP contribution in [0.3, 0.4) is 0 Å². The Balaban J connectivity index is 2.80. The summed E-state index contributed by atoms with van der Waals surface area (Å²) in [5.41, 5.74) is 0.580. The molecule has 16 heavy (non-hydrogen) atoms. The van der Waals surface area contributed by atoms with Crippen molar-refractivity contribution in [2.24, 2.45) is 0 Å². The predicted octanol–water partition coefficient (Wildman–Crippen LogP) is 1.86. The number of hydrogen-bond donors (Lipinski definition) is 1. The Labute approximate surface area is 97.5 Å². The van der Waals surface area contributed by atoms with E-state index in [2.05, 4.69) is 22.2 Å². The van der Waals surface area contributed by atoms with E-state index in [1.165, 1.54) is 0 Å². The van der Waals surface area contributed by atoms with Crippen molar-refractivity contribution in [3.8, 4) is 0 Å². The molecule has 0 aliphatic carbocycles. The van der Waals surface area contributed by atoms with Crippen LogP contribution in [0, 0.1) is 0 Å². The first-order valence-corrected chi connectivity index (χ1v) is 5.77.